The van der Waals surface area contributed by atoms with E-state index >= 15 is 0 Å². The number of rotatable bonds is 11. The third-order valence-corrected chi connectivity index (χ3v) is 12.4. The average molecular weight is 819 g/mol. The van der Waals surface area contributed by atoms with E-state index in [9.17, 15) is 4.79 Å². The molecule has 2 aromatic carbocycles. The molecule has 1 aliphatic heterocycles. The highest BCUT2D eigenvalue weighted by atomic mass is 127. The third-order valence-electron chi connectivity index (χ3n) is 11.2. The van der Waals surface area contributed by atoms with Gasteiger partial charge in [-0.25, -0.2) is 4.79 Å². The molecule has 4 aliphatic rings. The Kier molecular flexibility index (Phi) is 10.8. The summed E-state index contributed by atoms with van der Waals surface area (Å²) < 4.78 is 30.2. The Hall–Kier alpha value is -2.41. The van der Waals surface area contributed by atoms with Gasteiger partial charge >= 0.3 is 5.97 Å². The standard InChI is InChI=1S/C38H44ClIN2O6S/c1-24(21-45-33-10-15-41-32-9-4-3-8-30(32)33)16-26-17-25-18-34-35(48-29(22-46-34)23-47-49-40)20-31(25)37(26)11-13-38(14-12-37,36(43)44-2)42-28-7-5-6-27(39)19-28/h5-7,10,15,18-20,24,26,29,42H,3-4,8-9,11-14,16-17,21-23H2,1-2H3/t24-,26?,29?,37?,38?/m1/s1. The Morgan fingerprint density at radius 2 is 1.98 bits per heavy atom. The fourth-order valence-electron chi connectivity index (χ4n) is 8.74. The summed E-state index contributed by atoms with van der Waals surface area (Å²) in [7, 11) is 2.78. The van der Waals surface area contributed by atoms with Crippen molar-refractivity contribution >= 4 is 53.7 Å². The van der Waals surface area contributed by atoms with E-state index in [-0.39, 0.29) is 17.5 Å². The Balaban J connectivity index is 1.15. The van der Waals surface area contributed by atoms with Crippen molar-refractivity contribution < 1.29 is 27.9 Å². The van der Waals surface area contributed by atoms with Crippen molar-refractivity contribution in [1.82, 2.24) is 4.98 Å². The molecular weight excluding hydrogens is 775 g/mol. The SMILES string of the molecule is COC(=O)C1(Nc2cccc(Cl)c2)CCC2(CC1)c1cc3c(cc1CC2C[C@@H](C)COc1ccnc2c1CCCC2)OCC(COSI)O3. The monoisotopic (exact) mass is 818 g/mol. The molecule has 3 aliphatic carbocycles. The second kappa shape index (κ2) is 15.1. The summed E-state index contributed by atoms with van der Waals surface area (Å²) in [5.74, 6) is 3.03. The first kappa shape index (κ1) is 35.0. The van der Waals surface area contributed by atoms with Crippen molar-refractivity contribution in [3.8, 4) is 17.2 Å². The van der Waals surface area contributed by atoms with Gasteiger partial charge in [-0.2, -0.15) is 0 Å². The smallest absolute Gasteiger partial charge is 0.331 e. The molecule has 1 saturated carbocycles. The van der Waals surface area contributed by atoms with E-state index in [0.29, 0.717) is 49.5 Å². The Bertz CT molecular complexity index is 1670. The zero-order valence-electron chi connectivity index (χ0n) is 28.1. The minimum absolute atomic E-state index is 0.132. The maximum absolute atomic E-state index is 13.5. The molecule has 7 rings (SSSR count). The number of carbonyl (C=O) groups is 1. The molecule has 0 amide bonds. The van der Waals surface area contributed by atoms with E-state index in [4.69, 9.17) is 34.7 Å². The van der Waals surface area contributed by atoms with E-state index in [1.165, 1.54) is 51.5 Å². The molecule has 262 valence electrons. The number of pyridine rings is 1. The predicted octanol–water partition coefficient (Wildman–Crippen LogP) is 8.88. The number of aryl methyl sites for hydroxylation is 1. The number of anilines is 1. The molecule has 2 heterocycles. The van der Waals surface area contributed by atoms with E-state index in [0.717, 1.165) is 61.5 Å². The number of carbonyl (C=O) groups excluding carboxylic acids is 1. The van der Waals surface area contributed by atoms with Gasteiger partial charge < -0.3 is 28.4 Å². The molecular formula is C38H44ClIN2O6S. The maximum atomic E-state index is 13.5. The van der Waals surface area contributed by atoms with E-state index in [2.05, 4.69) is 50.6 Å². The van der Waals surface area contributed by atoms with Crippen molar-refractivity contribution in [2.24, 2.45) is 11.8 Å². The van der Waals surface area contributed by atoms with Gasteiger partial charge in [0.1, 0.15) is 24.5 Å². The molecule has 0 bridgehead atoms. The Labute approximate surface area is 310 Å². The van der Waals surface area contributed by atoms with Crippen molar-refractivity contribution in [2.75, 3.05) is 32.2 Å². The van der Waals surface area contributed by atoms with Crippen LogP contribution in [0.4, 0.5) is 5.69 Å². The minimum Gasteiger partial charge on any atom is -0.493 e. The minimum atomic E-state index is -0.847. The number of methoxy groups -OCH3 is 1. The second-order valence-electron chi connectivity index (χ2n) is 14.2. The van der Waals surface area contributed by atoms with Crippen molar-refractivity contribution in [3.05, 3.63) is 76.1 Å². The fraction of sp³-hybridized carbons (Fsp3) is 0.526. The van der Waals surface area contributed by atoms with Crippen LogP contribution in [0.25, 0.3) is 0 Å². The van der Waals surface area contributed by atoms with Gasteiger partial charge in [0.05, 0.1) is 22.9 Å². The molecule has 3 atom stereocenters. The molecule has 49 heavy (non-hydrogen) atoms. The number of aromatic nitrogens is 1. The lowest BCUT2D eigenvalue weighted by molar-refractivity contribution is -0.148. The summed E-state index contributed by atoms with van der Waals surface area (Å²) in [5.41, 5.74) is 4.96. The van der Waals surface area contributed by atoms with Crippen LogP contribution in [0.2, 0.25) is 5.02 Å². The summed E-state index contributed by atoms with van der Waals surface area (Å²) in [6, 6.07) is 14.0. The second-order valence-corrected chi connectivity index (χ2v) is 16.1. The summed E-state index contributed by atoms with van der Waals surface area (Å²) in [6.07, 6.45) is 11.1. The molecule has 8 nitrogen and oxygen atoms in total. The number of fused-ring (bicyclic) bond motifs is 4. The van der Waals surface area contributed by atoms with Crippen LogP contribution in [0.1, 0.15) is 74.3 Å². The number of ether oxygens (including phenoxy) is 4. The summed E-state index contributed by atoms with van der Waals surface area (Å²) in [6.45, 7) is 3.87. The van der Waals surface area contributed by atoms with Gasteiger partial charge in [-0.3, -0.25) is 4.98 Å². The molecule has 0 radical (unpaired) electrons. The average Bonchev–Trinajstić information content (AvgIpc) is 3.39. The first-order chi connectivity index (χ1) is 23.8. The number of nitrogens with one attached hydrogen (secondary N) is 1. The van der Waals surface area contributed by atoms with Gasteiger partial charge in [0.15, 0.2) is 17.6 Å². The molecule has 0 saturated heterocycles. The largest absolute Gasteiger partial charge is 0.493 e. The molecule has 2 unspecified atom stereocenters. The van der Waals surface area contributed by atoms with Gasteiger partial charge in [-0.15, -0.1) is 0 Å². The molecule has 3 aromatic rings. The summed E-state index contributed by atoms with van der Waals surface area (Å²) >= 11 is 8.46. The Morgan fingerprint density at radius 3 is 2.78 bits per heavy atom. The van der Waals surface area contributed by atoms with Crippen LogP contribution < -0.4 is 19.5 Å². The first-order valence-electron chi connectivity index (χ1n) is 17.4. The van der Waals surface area contributed by atoms with Gasteiger partial charge in [-0.05, 0) is 129 Å². The van der Waals surface area contributed by atoms with Gasteiger partial charge in [-0.1, -0.05) is 24.6 Å². The van der Waals surface area contributed by atoms with Gasteiger partial charge in [0, 0.05) is 49.4 Å². The van der Waals surface area contributed by atoms with Crippen molar-refractivity contribution in [2.45, 2.75) is 88.2 Å². The zero-order chi connectivity index (χ0) is 34.0. The third kappa shape index (κ3) is 7.21. The van der Waals surface area contributed by atoms with Gasteiger partial charge in [0.25, 0.3) is 0 Å². The highest BCUT2D eigenvalue weighted by Gasteiger charge is 2.55. The predicted molar refractivity (Wildman–Crippen MR) is 201 cm³/mol. The molecule has 1 fully saturated rings. The van der Waals surface area contributed by atoms with Crippen LogP contribution in [0.3, 0.4) is 0 Å². The van der Waals surface area contributed by atoms with Crippen LogP contribution in [-0.4, -0.2) is 49.5 Å². The van der Waals surface area contributed by atoms with E-state index in [1.54, 1.807) is 0 Å². The number of hydrogen-bond donors (Lipinski definition) is 1. The number of benzene rings is 2. The number of nitrogens with zero attached hydrogens (tertiary/aromatic N) is 1. The summed E-state index contributed by atoms with van der Waals surface area (Å²) in [4.78, 5) is 18.2. The van der Waals surface area contributed by atoms with Crippen LogP contribution in [-0.2, 0) is 38.4 Å². The fourth-order valence-corrected chi connectivity index (χ4v) is 9.58. The highest BCUT2D eigenvalue weighted by molar-refractivity contribution is 14.2. The topological polar surface area (TPSA) is 88.1 Å². The Morgan fingerprint density at radius 1 is 1.14 bits per heavy atom. The number of esters is 1. The molecule has 11 heteroatoms. The van der Waals surface area contributed by atoms with E-state index in [1.807, 2.05) is 36.5 Å². The maximum Gasteiger partial charge on any atom is 0.331 e. The first-order valence-corrected chi connectivity index (χ1v) is 21.1. The molecule has 1 spiro atoms. The van der Waals surface area contributed by atoms with Crippen LogP contribution in [0, 0.1) is 11.8 Å². The normalized spacial score (nSPS) is 26.0. The number of hydrogen-bond acceptors (Lipinski definition) is 9. The number of halogens is 2. The van der Waals surface area contributed by atoms with E-state index < -0.39 is 5.54 Å². The lowest BCUT2D eigenvalue weighted by Crippen LogP contribution is -2.53. The van der Waals surface area contributed by atoms with Crippen LogP contribution >= 0.6 is 42.0 Å². The van der Waals surface area contributed by atoms with Crippen LogP contribution in [0.5, 0.6) is 17.2 Å². The summed E-state index contributed by atoms with van der Waals surface area (Å²) in [5, 5.41) is 4.19. The van der Waals surface area contributed by atoms with Crippen LogP contribution in [0.15, 0.2) is 48.7 Å². The van der Waals surface area contributed by atoms with Crippen molar-refractivity contribution in [3.63, 3.8) is 0 Å². The molecule has 1 N–H and O–H groups in total. The highest BCUT2D eigenvalue weighted by Crippen LogP contribution is 2.58. The lowest BCUT2D eigenvalue weighted by atomic mass is 9.59. The van der Waals surface area contributed by atoms with Crippen molar-refractivity contribution in [1.29, 1.82) is 0 Å². The lowest BCUT2D eigenvalue weighted by Gasteiger charge is -2.48. The van der Waals surface area contributed by atoms with Gasteiger partial charge in [0.2, 0.25) is 0 Å². The quantitative estimate of drug-likeness (QED) is 0.116. The molecule has 1 aromatic heterocycles. The zero-order valence-corrected chi connectivity index (χ0v) is 31.8.